The molecule has 0 spiro atoms. The predicted octanol–water partition coefficient (Wildman–Crippen LogP) is 4.02. The molecule has 2 N–H and O–H groups in total. The molecule has 0 radical (unpaired) electrons. The van der Waals surface area contributed by atoms with Crippen molar-refractivity contribution >= 4 is 17.2 Å². The third-order valence-electron chi connectivity index (χ3n) is 3.20. The van der Waals surface area contributed by atoms with Gasteiger partial charge in [-0.1, -0.05) is 62.5 Å². The smallest absolute Gasteiger partial charge is 0.120 e. The number of benzene rings is 2. The van der Waals surface area contributed by atoms with Gasteiger partial charge in [-0.2, -0.15) is 0 Å². The third kappa shape index (κ3) is 3.58. The Morgan fingerprint density at radius 1 is 1.15 bits per heavy atom. The first-order valence-electron chi connectivity index (χ1n) is 6.68. The molecule has 0 fully saturated rings. The lowest BCUT2D eigenvalue weighted by atomic mass is 10.0. The third-order valence-corrected chi connectivity index (χ3v) is 3.42. The van der Waals surface area contributed by atoms with Crippen LogP contribution in [-0.2, 0) is 6.61 Å². The Morgan fingerprint density at radius 2 is 1.90 bits per heavy atom. The average molecular weight is 285 g/mol. The van der Waals surface area contributed by atoms with Crippen LogP contribution < -0.4 is 10.5 Å². The van der Waals surface area contributed by atoms with Gasteiger partial charge in [0.1, 0.15) is 17.3 Å². The summed E-state index contributed by atoms with van der Waals surface area (Å²) in [6.07, 6.45) is 0. The van der Waals surface area contributed by atoms with Gasteiger partial charge in [-0.15, -0.1) is 0 Å². The topological polar surface area (TPSA) is 35.2 Å². The van der Waals surface area contributed by atoms with Crippen LogP contribution in [0, 0.1) is 0 Å². The zero-order valence-electron chi connectivity index (χ0n) is 11.8. The van der Waals surface area contributed by atoms with Gasteiger partial charge in [0.05, 0.1) is 0 Å². The highest BCUT2D eigenvalue weighted by atomic mass is 32.1. The number of hydrogen-bond donors (Lipinski definition) is 1. The van der Waals surface area contributed by atoms with Gasteiger partial charge >= 0.3 is 0 Å². The van der Waals surface area contributed by atoms with Crippen molar-refractivity contribution in [3.05, 3.63) is 65.2 Å². The maximum atomic E-state index is 5.86. The lowest BCUT2D eigenvalue weighted by Crippen LogP contribution is -2.13. The summed E-state index contributed by atoms with van der Waals surface area (Å²) in [5.74, 6) is 1.36. The van der Waals surface area contributed by atoms with Crippen molar-refractivity contribution in [2.75, 3.05) is 0 Å². The molecule has 0 heterocycles. The van der Waals surface area contributed by atoms with Crippen molar-refractivity contribution in [3.8, 4) is 5.75 Å². The average Bonchev–Trinajstić information content (AvgIpc) is 2.45. The molecule has 3 heteroatoms. The van der Waals surface area contributed by atoms with Gasteiger partial charge in [-0.3, -0.25) is 0 Å². The fourth-order valence-electron chi connectivity index (χ4n) is 2.01. The standard InChI is InChI=1S/C17H19NOS/c1-12(2)13-7-5-8-15(10-13)19-11-14-6-3-4-9-16(14)17(18)20/h3-10,12H,11H2,1-2H3,(H2,18,20). The van der Waals surface area contributed by atoms with E-state index in [1.165, 1.54) is 5.56 Å². The molecule has 20 heavy (non-hydrogen) atoms. The molecule has 0 aliphatic carbocycles. The predicted molar refractivity (Wildman–Crippen MR) is 87.2 cm³/mol. The van der Waals surface area contributed by atoms with Crippen LogP contribution in [0.3, 0.4) is 0 Å². The van der Waals surface area contributed by atoms with E-state index in [-0.39, 0.29) is 0 Å². The molecule has 2 aromatic carbocycles. The molecule has 0 amide bonds. The first-order valence-corrected chi connectivity index (χ1v) is 7.09. The first kappa shape index (κ1) is 14.5. The van der Waals surface area contributed by atoms with Crippen molar-refractivity contribution in [1.29, 1.82) is 0 Å². The van der Waals surface area contributed by atoms with E-state index in [1.807, 2.05) is 36.4 Å². The molecular formula is C17H19NOS. The first-order chi connectivity index (χ1) is 9.58. The number of ether oxygens (including phenoxy) is 1. The molecule has 0 saturated heterocycles. The molecule has 0 saturated carbocycles. The van der Waals surface area contributed by atoms with Crippen LogP contribution >= 0.6 is 12.2 Å². The summed E-state index contributed by atoms with van der Waals surface area (Å²) in [6.45, 7) is 4.80. The van der Waals surface area contributed by atoms with Gasteiger partial charge in [-0.25, -0.2) is 0 Å². The van der Waals surface area contributed by atoms with Crippen LogP contribution in [0.4, 0.5) is 0 Å². The summed E-state index contributed by atoms with van der Waals surface area (Å²) in [5.41, 5.74) is 8.88. The Hall–Kier alpha value is -1.87. The second-order valence-corrected chi connectivity index (χ2v) is 5.48. The highest BCUT2D eigenvalue weighted by molar-refractivity contribution is 7.80. The number of hydrogen-bond acceptors (Lipinski definition) is 2. The van der Waals surface area contributed by atoms with Crippen LogP contribution in [0.2, 0.25) is 0 Å². The van der Waals surface area contributed by atoms with Gasteiger partial charge in [0.2, 0.25) is 0 Å². The van der Waals surface area contributed by atoms with Crippen LogP contribution in [0.1, 0.15) is 36.5 Å². The minimum Gasteiger partial charge on any atom is -0.489 e. The van der Waals surface area contributed by atoms with E-state index in [0.29, 0.717) is 17.5 Å². The summed E-state index contributed by atoms with van der Waals surface area (Å²) < 4.78 is 5.86. The van der Waals surface area contributed by atoms with Gasteiger partial charge in [0, 0.05) is 5.56 Å². The van der Waals surface area contributed by atoms with Crippen LogP contribution in [0.25, 0.3) is 0 Å². The zero-order chi connectivity index (χ0) is 14.5. The molecule has 0 aliphatic rings. The van der Waals surface area contributed by atoms with Gasteiger partial charge in [0.15, 0.2) is 0 Å². The molecule has 2 aromatic rings. The van der Waals surface area contributed by atoms with E-state index in [0.717, 1.165) is 16.9 Å². The lowest BCUT2D eigenvalue weighted by molar-refractivity contribution is 0.305. The largest absolute Gasteiger partial charge is 0.489 e. The number of thiocarbonyl (C=S) groups is 1. The minimum atomic E-state index is 0.403. The van der Waals surface area contributed by atoms with Gasteiger partial charge in [-0.05, 0) is 29.2 Å². The Kier molecular flexibility index (Phi) is 4.74. The SMILES string of the molecule is CC(C)c1cccc(OCc2ccccc2C(N)=S)c1. The maximum Gasteiger partial charge on any atom is 0.120 e. The van der Waals surface area contributed by atoms with Crippen LogP contribution in [-0.4, -0.2) is 4.99 Å². The van der Waals surface area contributed by atoms with E-state index < -0.39 is 0 Å². The summed E-state index contributed by atoms with van der Waals surface area (Å²) in [5, 5.41) is 0. The minimum absolute atomic E-state index is 0.403. The maximum absolute atomic E-state index is 5.86. The molecule has 0 aliphatic heterocycles. The van der Waals surface area contributed by atoms with Crippen molar-refractivity contribution in [2.24, 2.45) is 5.73 Å². The summed E-state index contributed by atoms with van der Waals surface area (Å²) >= 11 is 5.06. The molecule has 0 aromatic heterocycles. The quantitative estimate of drug-likeness (QED) is 0.843. The molecule has 2 nitrogen and oxygen atoms in total. The molecule has 0 unspecified atom stereocenters. The van der Waals surface area contributed by atoms with Gasteiger partial charge < -0.3 is 10.5 Å². The Balaban J connectivity index is 2.13. The summed E-state index contributed by atoms with van der Waals surface area (Å²) in [7, 11) is 0. The molecular weight excluding hydrogens is 266 g/mol. The summed E-state index contributed by atoms with van der Waals surface area (Å²) in [6, 6.07) is 16.0. The normalized spacial score (nSPS) is 10.6. The molecule has 2 rings (SSSR count). The monoisotopic (exact) mass is 285 g/mol. The van der Waals surface area contributed by atoms with Crippen molar-refractivity contribution in [3.63, 3.8) is 0 Å². The van der Waals surface area contributed by atoms with Gasteiger partial charge in [0.25, 0.3) is 0 Å². The van der Waals surface area contributed by atoms with E-state index in [1.54, 1.807) is 0 Å². The molecule has 0 bridgehead atoms. The Labute approximate surface area is 125 Å². The van der Waals surface area contributed by atoms with E-state index in [4.69, 9.17) is 22.7 Å². The van der Waals surface area contributed by atoms with Crippen molar-refractivity contribution in [1.82, 2.24) is 0 Å². The van der Waals surface area contributed by atoms with Crippen LogP contribution in [0.15, 0.2) is 48.5 Å². The second-order valence-electron chi connectivity index (χ2n) is 5.04. The fraction of sp³-hybridized carbons (Fsp3) is 0.235. The molecule has 0 atom stereocenters. The Bertz CT molecular complexity index is 607. The molecule has 104 valence electrons. The zero-order valence-corrected chi connectivity index (χ0v) is 12.6. The number of nitrogens with two attached hydrogens (primary N) is 1. The lowest BCUT2D eigenvalue weighted by Gasteiger charge is -2.12. The van der Waals surface area contributed by atoms with E-state index in [2.05, 4.69) is 26.0 Å². The van der Waals surface area contributed by atoms with Crippen LogP contribution in [0.5, 0.6) is 5.75 Å². The fourth-order valence-corrected chi connectivity index (χ4v) is 2.21. The Morgan fingerprint density at radius 3 is 2.60 bits per heavy atom. The van der Waals surface area contributed by atoms with Crippen molar-refractivity contribution < 1.29 is 4.74 Å². The van der Waals surface area contributed by atoms with E-state index >= 15 is 0 Å². The number of rotatable bonds is 5. The van der Waals surface area contributed by atoms with Crippen molar-refractivity contribution in [2.45, 2.75) is 26.4 Å². The highest BCUT2D eigenvalue weighted by Gasteiger charge is 2.06. The highest BCUT2D eigenvalue weighted by Crippen LogP contribution is 2.21. The second kappa shape index (κ2) is 6.53. The van der Waals surface area contributed by atoms with E-state index in [9.17, 15) is 0 Å². The summed E-state index contributed by atoms with van der Waals surface area (Å²) in [4.78, 5) is 0.403.